The molecule has 184 valence electrons. The van der Waals surface area contributed by atoms with Gasteiger partial charge in [-0.25, -0.2) is 0 Å². The van der Waals surface area contributed by atoms with E-state index >= 15 is 0 Å². The minimum absolute atomic E-state index is 0. The van der Waals surface area contributed by atoms with Crippen LogP contribution < -0.4 is 26.5 Å². The van der Waals surface area contributed by atoms with Gasteiger partial charge in [0.15, 0.2) is 11.5 Å². The van der Waals surface area contributed by atoms with Crippen molar-refractivity contribution in [3.63, 3.8) is 0 Å². The number of likely N-dealkylation sites (N-methyl/N-ethyl adjacent to an activating group) is 1. The highest BCUT2D eigenvalue weighted by atomic mass is 79.9. The number of ether oxygens (including phenoxy) is 3. The zero-order valence-corrected chi connectivity index (χ0v) is 24.1. The Balaban J connectivity index is 0.00000363. The Morgan fingerprint density at radius 3 is 2.28 bits per heavy atom. The Kier molecular flexibility index (Phi) is 10.4. The number of fused-ring (bicyclic) bond motifs is 2. The predicted molar refractivity (Wildman–Crippen MR) is 131 cm³/mol. The van der Waals surface area contributed by atoms with E-state index in [1.807, 2.05) is 19.9 Å². The minimum Gasteiger partial charge on any atom is -1.00 e. The van der Waals surface area contributed by atoms with Crippen LogP contribution in [0.1, 0.15) is 58.9 Å². The molecule has 0 radical (unpaired) electrons. The van der Waals surface area contributed by atoms with Gasteiger partial charge in [0, 0.05) is 16.6 Å². The van der Waals surface area contributed by atoms with Crippen LogP contribution in [0.5, 0.6) is 11.5 Å². The van der Waals surface area contributed by atoms with Crippen molar-refractivity contribution in [2.24, 2.45) is 23.2 Å². The molecule has 0 aliphatic heterocycles. The normalized spacial score (nSPS) is 23.8. The average Bonchev–Trinajstić information content (AvgIpc) is 2.71. The second kappa shape index (κ2) is 11.9. The van der Waals surface area contributed by atoms with Gasteiger partial charge in [0.05, 0.1) is 33.9 Å². The van der Waals surface area contributed by atoms with Crippen LogP contribution in [0.3, 0.4) is 0 Å². The van der Waals surface area contributed by atoms with Gasteiger partial charge in [0.25, 0.3) is 0 Å². The molecule has 3 unspecified atom stereocenters. The van der Waals surface area contributed by atoms with Crippen LogP contribution in [0, 0.1) is 23.2 Å². The lowest BCUT2D eigenvalue weighted by Gasteiger charge is -2.60. The first-order valence-corrected chi connectivity index (χ1v) is 12.9. The van der Waals surface area contributed by atoms with Gasteiger partial charge >= 0.3 is 0 Å². The maximum Gasteiger partial charge on any atom is 0.162 e. The van der Waals surface area contributed by atoms with E-state index in [1.165, 1.54) is 31.2 Å². The first-order valence-electron chi connectivity index (χ1n) is 12.2. The Morgan fingerprint density at radius 2 is 1.69 bits per heavy atom. The predicted octanol–water partition coefficient (Wildman–Crippen LogP) is 3.31. The fraction of sp³-hybridized carbons (Fsp3) is 0.769. The van der Waals surface area contributed by atoms with E-state index in [0.717, 1.165) is 64.5 Å². The SMILES string of the molecule is CCOc1cc(Br)c(C[N+](C)(C)CCOCCC2CCC3CC2C3(C)C)cc1OCC.[Br-]. The van der Waals surface area contributed by atoms with Crippen LogP contribution in [-0.4, -0.2) is 51.6 Å². The molecule has 0 spiro atoms. The number of quaternary nitrogens is 1. The quantitative estimate of drug-likeness (QED) is 0.282. The number of hydrogen-bond acceptors (Lipinski definition) is 3. The summed E-state index contributed by atoms with van der Waals surface area (Å²) in [5.41, 5.74) is 1.81. The molecule has 0 heterocycles. The molecular formula is C26H43Br2NO3. The van der Waals surface area contributed by atoms with E-state index in [4.69, 9.17) is 14.2 Å². The maximum atomic E-state index is 6.12. The van der Waals surface area contributed by atoms with Crippen LogP contribution in [0.4, 0.5) is 0 Å². The van der Waals surface area contributed by atoms with Crippen LogP contribution in [0.2, 0.25) is 0 Å². The Morgan fingerprint density at radius 1 is 1.03 bits per heavy atom. The standard InChI is InChI=1S/C26H43BrNO3.BrH/c1-7-30-24-15-20(23(27)17-25(24)31-8-2)18-28(5,6)12-14-29-13-11-19-9-10-21-16-22(19)26(21,3)4;/h15,17,19,21-22H,7-14,16,18H2,1-6H3;1H/q+1;/p-1. The van der Waals surface area contributed by atoms with E-state index in [9.17, 15) is 0 Å². The van der Waals surface area contributed by atoms with Gasteiger partial charge < -0.3 is 35.7 Å². The van der Waals surface area contributed by atoms with Gasteiger partial charge in [-0.3, -0.25) is 0 Å². The average molecular weight is 577 g/mol. The summed E-state index contributed by atoms with van der Waals surface area (Å²) in [4.78, 5) is 0. The topological polar surface area (TPSA) is 27.7 Å². The van der Waals surface area contributed by atoms with Gasteiger partial charge in [-0.15, -0.1) is 0 Å². The van der Waals surface area contributed by atoms with Crippen LogP contribution >= 0.6 is 15.9 Å². The fourth-order valence-corrected chi connectivity index (χ4v) is 6.18. The van der Waals surface area contributed by atoms with Crippen molar-refractivity contribution < 1.29 is 35.7 Å². The smallest absolute Gasteiger partial charge is 0.162 e. The van der Waals surface area contributed by atoms with Gasteiger partial charge in [-0.2, -0.15) is 0 Å². The Bertz CT molecular complexity index is 736. The minimum atomic E-state index is 0. The third kappa shape index (κ3) is 6.64. The van der Waals surface area contributed by atoms with Crippen molar-refractivity contribution in [1.82, 2.24) is 0 Å². The second-order valence-corrected chi connectivity index (χ2v) is 11.5. The van der Waals surface area contributed by atoms with Gasteiger partial charge in [-0.05, 0) is 74.8 Å². The van der Waals surface area contributed by atoms with Crippen LogP contribution in [0.15, 0.2) is 16.6 Å². The molecule has 1 aromatic carbocycles. The summed E-state index contributed by atoms with van der Waals surface area (Å²) in [6.45, 7) is 13.8. The summed E-state index contributed by atoms with van der Waals surface area (Å²) in [5.74, 6) is 4.42. The highest BCUT2D eigenvalue weighted by Crippen LogP contribution is 2.61. The summed E-state index contributed by atoms with van der Waals surface area (Å²) in [5, 5.41) is 0. The second-order valence-electron chi connectivity index (χ2n) is 10.7. The summed E-state index contributed by atoms with van der Waals surface area (Å²) in [6, 6.07) is 4.16. The Labute approximate surface area is 214 Å². The third-order valence-corrected chi connectivity index (χ3v) is 8.52. The van der Waals surface area contributed by atoms with Crippen LogP contribution in [0.25, 0.3) is 0 Å². The number of halogens is 2. The lowest BCUT2D eigenvalue weighted by atomic mass is 9.45. The van der Waals surface area contributed by atoms with Crippen molar-refractivity contribution >= 4 is 15.9 Å². The lowest BCUT2D eigenvalue weighted by Crippen LogP contribution is -3.00. The van der Waals surface area contributed by atoms with Gasteiger partial charge in [0.2, 0.25) is 0 Å². The molecule has 3 aliphatic rings. The number of benzene rings is 1. The van der Waals surface area contributed by atoms with Crippen molar-refractivity contribution in [1.29, 1.82) is 0 Å². The molecule has 6 heteroatoms. The summed E-state index contributed by atoms with van der Waals surface area (Å²) >= 11 is 3.73. The maximum absolute atomic E-state index is 6.12. The molecule has 0 saturated heterocycles. The molecule has 2 bridgehead atoms. The molecule has 0 aromatic heterocycles. The van der Waals surface area contributed by atoms with Crippen LogP contribution in [-0.2, 0) is 11.3 Å². The van der Waals surface area contributed by atoms with E-state index in [1.54, 1.807) is 0 Å². The van der Waals surface area contributed by atoms with Crippen molar-refractivity contribution in [3.05, 3.63) is 22.2 Å². The summed E-state index contributed by atoms with van der Waals surface area (Å²) < 4.78 is 19.6. The highest BCUT2D eigenvalue weighted by Gasteiger charge is 2.53. The molecule has 3 aliphatic carbocycles. The Hall–Kier alpha value is -0.300. The highest BCUT2D eigenvalue weighted by molar-refractivity contribution is 9.10. The largest absolute Gasteiger partial charge is 1.00 e. The van der Waals surface area contributed by atoms with Gasteiger partial charge in [-0.1, -0.05) is 29.8 Å². The number of hydrogen-bond donors (Lipinski definition) is 0. The molecule has 3 fully saturated rings. The van der Waals surface area contributed by atoms with Crippen molar-refractivity contribution in [2.75, 3.05) is 47.1 Å². The third-order valence-electron chi connectivity index (χ3n) is 7.79. The summed E-state index contributed by atoms with van der Waals surface area (Å²) in [6.07, 6.45) is 5.54. The zero-order valence-electron chi connectivity index (χ0n) is 20.9. The molecule has 4 rings (SSSR count). The van der Waals surface area contributed by atoms with E-state index in [-0.39, 0.29) is 17.0 Å². The molecule has 0 amide bonds. The molecule has 1 aromatic rings. The van der Waals surface area contributed by atoms with Gasteiger partial charge in [0.1, 0.15) is 13.1 Å². The number of nitrogens with zero attached hydrogens (tertiary/aromatic N) is 1. The van der Waals surface area contributed by atoms with E-state index in [0.29, 0.717) is 18.6 Å². The van der Waals surface area contributed by atoms with E-state index in [2.05, 4.69) is 49.9 Å². The fourth-order valence-electron chi connectivity index (χ4n) is 5.73. The first kappa shape index (κ1) is 27.9. The molecule has 0 N–H and O–H groups in total. The number of rotatable bonds is 12. The van der Waals surface area contributed by atoms with Crippen molar-refractivity contribution in [2.45, 2.75) is 59.9 Å². The first-order chi connectivity index (χ1) is 14.7. The molecule has 3 atom stereocenters. The van der Waals surface area contributed by atoms with E-state index < -0.39 is 0 Å². The van der Waals surface area contributed by atoms with Crippen molar-refractivity contribution in [3.8, 4) is 11.5 Å². The molecule has 3 saturated carbocycles. The zero-order chi connectivity index (χ0) is 22.6. The summed E-state index contributed by atoms with van der Waals surface area (Å²) in [7, 11) is 4.54. The molecular weight excluding hydrogens is 534 g/mol. The molecule has 32 heavy (non-hydrogen) atoms. The lowest BCUT2D eigenvalue weighted by molar-refractivity contribution is -0.904. The molecule has 4 nitrogen and oxygen atoms in total. The monoisotopic (exact) mass is 575 g/mol.